The maximum Gasteiger partial charge on any atom is 0.228 e. The summed E-state index contributed by atoms with van der Waals surface area (Å²) in [4.78, 5) is 14.7. The fourth-order valence-electron chi connectivity index (χ4n) is 3.42. The van der Waals surface area contributed by atoms with Crippen molar-refractivity contribution in [2.75, 3.05) is 19.6 Å². The molecule has 1 aliphatic heterocycles. The molecule has 98 valence electrons. The third-order valence-corrected chi connectivity index (χ3v) is 4.62. The molecule has 1 unspecified atom stereocenters. The van der Waals surface area contributed by atoms with Crippen LogP contribution in [0.4, 0.5) is 0 Å². The van der Waals surface area contributed by atoms with Gasteiger partial charge in [0.15, 0.2) is 0 Å². The van der Waals surface area contributed by atoms with E-state index in [1.54, 1.807) is 0 Å². The average molecular weight is 238 g/mol. The summed E-state index contributed by atoms with van der Waals surface area (Å²) < 4.78 is 0. The molecule has 1 saturated heterocycles. The van der Waals surface area contributed by atoms with Gasteiger partial charge in [-0.2, -0.15) is 0 Å². The molecule has 1 heterocycles. The van der Waals surface area contributed by atoms with Gasteiger partial charge in [0.25, 0.3) is 0 Å². The fourth-order valence-corrected chi connectivity index (χ4v) is 3.42. The zero-order chi connectivity index (χ0) is 12.3. The van der Waals surface area contributed by atoms with Gasteiger partial charge in [0.1, 0.15) is 0 Å². The second-order valence-electron chi connectivity index (χ2n) is 6.10. The molecule has 17 heavy (non-hydrogen) atoms. The lowest BCUT2D eigenvalue weighted by atomic mass is 9.74. The smallest absolute Gasteiger partial charge is 0.228 e. The maximum atomic E-state index is 12.6. The first-order chi connectivity index (χ1) is 8.15. The minimum atomic E-state index is -0.0597. The third-order valence-electron chi connectivity index (χ3n) is 4.62. The molecular weight excluding hydrogens is 212 g/mol. The summed E-state index contributed by atoms with van der Waals surface area (Å²) in [5.74, 6) is 1.06. The molecule has 0 aromatic heterocycles. The van der Waals surface area contributed by atoms with Crippen LogP contribution < -0.4 is 5.73 Å². The predicted molar refractivity (Wildman–Crippen MR) is 69.6 cm³/mol. The molecule has 1 aliphatic carbocycles. The Morgan fingerprint density at radius 2 is 2.06 bits per heavy atom. The molecule has 3 nitrogen and oxygen atoms in total. The van der Waals surface area contributed by atoms with Gasteiger partial charge in [-0.3, -0.25) is 4.79 Å². The minimum Gasteiger partial charge on any atom is -0.342 e. The zero-order valence-corrected chi connectivity index (χ0v) is 11.1. The number of amides is 1. The number of nitrogens with zero attached hydrogens (tertiary/aromatic N) is 1. The number of carbonyl (C=O) groups excluding carboxylic acids is 1. The van der Waals surface area contributed by atoms with E-state index in [0.29, 0.717) is 11.8 Å². The highest BCUT2D eigenvalue weighted by atomic mass is 16.2. The maximum absolute atomic E-state index is 12.6. The van der Waals surface area contributed by atoms with E-state index in [2.05, 4.69) is 11.8 Å². The fraction of sp³-hybridized carbons (Fsp3) is 0.929. The van der Waals surface area contributed by atoms with E-state index in [1.807, 2.05) is 0 Å². The lowest BCUT2D eigenvalue weighted by Crippen LogP contribution is -2.42. The summed E-state index contributed by atoms with van der Waals surface area (Å²) in [6.45, 7) is 4.83. The number of nitrogens with two attached hydrogens (primary N) is 1. The summed E-state index contributed by atoms with van der Waals surface area (Å²) in [7, 11) is 0. The minimum absolute atomic E-state index is 0.0597. The van der Waals surface area contributed by atoms with Gasteiger partial charge in [0, 0.05) is 18.5 Å². The highest BCUT2D eigenvalue weighted by Crippen LogP contribution is 2.38. The highest BCUT2D eigenvalue weighted by molar-refractivity contribution is 5.82. The Bertz CT molecular complexity index is 271. The molecule has 1 atom stereocenters. The molecular formula is C14H26N2O. The molecule has 1 amide bonds. The topological polar surface area (TPSA) is 46.3 Å². The van der Waals surface area contributed by atoms with Crippen molar-refractivity contribution in [3.05, 3.63) is 0 Å². The van der Waals surface area contributed by atoms with Crippen molar-refractivity contribution in [1.82, 2.24) is 4.90 Å². The lowest BCUT2D eigenvalue weighted by Gasteiger charge is -2.35. The normalized spacial score (nSPS) is 28.4. The van der Waals surface area contributed by atoms with Gasteiger partial charge < -0.3 is 10.6 Å². The largest absolute Gasteiger partial charge is 0.342 e. The zero-order valence-electron chi connectivity index (χ0n) is 11.1. The molecule has 0 aromatic carbocycles. The van der Waals surface area contributed by atoms with Crippen LogP contribution in [-0.2, 0) is 4.79 Å². The molecule has 0 radical (unpaired) electrons. The van der Waals surface area contributed by atoms with Crippen molar-refractivity contribution < 1.29 is 4.79 Å². The van der Waals surface area contributed by atoms with E-state index in [1.165, 1.54) is 19.3 Å². The van der Waals surface area contributed by atoms with E-state index in [0.717, 1.165) is 45.3 Å². The second-order valence-corrected chi connectivity index (χ2v) is 6.10. The predicted octanol–water partition coefficient (Wildman–Crippen LogP) is 2.15. The lowest BCUT2D eigenvalue weighted by molar-refractivity contribution is -0.142. The van der Waals surface area contributed by atoms with Crippen molar-refractivity contribution in [1.29, 1.82) is 0 Å². The van der Waals surface area contributed by atoms with Gasteiger partial charge in [0.05, 0.1) is 0 Å². The van der Waals surface area contributed by atoms with Crippen LogP contribution >= 0.6 is 0 Å². The van der Waals surface area contributed by atoms with Gasteiger partial charge in [-0.25, -0.2) is 0 Å². The Morgan fingerprint density at radius 3 is 2.71 bits per heavy atom. The summed E-state index contributed by atoms with van der Waals surface area (Å²) >= 11 is 0. The Balaban J connectivity index is 1.91. The van der Waals surface area contributed by atoms with E-state index in [9.17, 15) is 4.79 Å². The standard InChI is InChI=1S/C14H26N2O/c1-14(7-3-2-4-8-14)13(17)16-10-6-12(11-16)5-9-15/h12H,2-11,15H2,1H3. The first kappa shape index (κ1) is 12.9. The first-order valence-corrected chi connectivity index (χ1v) is 7.15. The van der Waals surface area contributed by atoms with Crippen LogP contribution in [0.15, 0.2) is 0 Å². The second kappa shape index (κ2) is 5.38. The van der Waals surface area contributed by atoms with Crippen molar-refractivity contribution in [2.45, 2.75) is 51.9 Å². The van der Waals surface area contributed by atoms with Crippen LogP contribution in [-0.4, -0.2) is 30.4 Å². The molecule has 0 spiro atoms. The first-order valence-electron chi connectivity index (χ1n) is 7.15. The molecule has 0 bridgehead atoms. The molecule has 2 rings (SSSR count). The quantitative estimate of drug-likeness (QED) is 0.819. The van der Waals surface area contributed by atoms with Gasteiger partial charge in [-0.15, -0.1) is 0 Å². The van der Waals surface area contributed by atoms with Crippen molar-refractivity contribution in [2.24, 2.45) is 17.1 Å². The average Bonchev–Trinajstić information content (AvgIpc) is 2.78. The molecule has 2 N–H and O–H groups in total. The van der Waals surface area contributed by atoms with Crippen LogP contribution in [0, 0.1) is 11.3 Å². The van der Waals surface area contributed by atoms with Crippen molar-refractivity contribution in [3.8, 4) is 0 Å². The number of rotatable bonds is 3. The summed E-state index contributed by atoms with van der Waals surface area (Å²) in [5, 5.41) is 0. The van der Waals surface area contributed by atoms with Crippen LogP contribution in [0.25, 0.3) is 0 Å². The number of hydrogen-bond donors (Lipinski definition) is 1. The van der Waals surface area contributed by atoms with Gasteiger partial charge in [-0.1, -0.05) is 26.2 Å². The summed E-state index contributed by atoms with van der Waals surface area (Å²) in [5.41, 5.74) is 5.54. The van der Waals surface area contributed by atoms with Crippen molar-refractivity contribution >= 4 is 5.91 Å². The third kappa shape index (κ3) is 2.82. The SMILES string of the molecule is CC1(C(=O)N2CCC(CCN)C2)CCCCC1. The van der Waals surface area contributed by atoms with Crippen molar-refractivity contribution in [3.63, 3.8) is 0 Å². The van der Waals surface area contributed by atoms with Crippen LogP contribution in [0.2, 0.25) is 0 Å². The van der Waals surface area contributed by atoms with Crippen LogP contribution in [0.1, 0.15) is 51.9 Å². The van der Waals surface area contributed by atoms with Gasteiger partial charge in [0.2, 0.25) is 5.91 Å². The number of carbonyl (C=O) groups is 1. The molecule has 3 heteroatoms. The number of hydrogen-bond acceptors (Lipinski definition) is 2. The van der Waals surface area contributed by atoms with E-state index in [-0.39, 0.29) is 5.41 Å². The van der Waals surface area contributed by atoms with Gasteiger partial charge in [-0.05, 0) is 38.1 Å². The van der Waals surface area contributed by atoms with E-state index in [4.69, 9.17) is 5.73 Å². The number of likely N-dealkylation sites (tertiary alicyclic amines) is 1. The Morgan fingerprint density at radius 1 is 1.35 bits per heavy atom. The molecule has 0 aromatic rings. The molecule has 1 saturated carbocycles. The molecule has 2 fully saturated rings. The summed E-state index contributed by atoms with van der Waals surface area (Å²) in [6.07, 6.45) is 8.15. The van der Waals surface area contributed by atoms with Gasteiger partial charge >= 0.3 is 0 Å². The van der Waals surface area contributed by atoms with E-state index < -0.39 is 0 Å². The van der Waals surface area contributed by atoms with Crippen LogP contribution in [0.3, 0.4) is 0 Å². The Labute approximate surface area is 105 Å². The van der Waals surface area contributed by atoms with Crippen LogP contribution in [0.5, 0.6) is 0 Å². The molecule has 2 aliphatic rings. The Kier molecular flexibility index (Phi) is 4.08. The van der Waals surface area contributed by atoms with E-state index >= 15 is 0 Å². The Hall–Kier alpha value is -0.570. The summed E-state index contributed by atoms with van der Waals surface area (Å²) in [6, 6.07) is 0. The highest BCUT2D eigenvalue weighted by Gasteiger charge is 2.39. The monoisotopic (exact) mass is 238 g/mol.